The van der Waals surface area contributed by atoms with Gasteiger partial charge in [-0.15, -0.1) is 0 Å². The number of rotatable bonds is 2. The fraction of sp³-hybridized carbons (Fsp3) is 0.143. The lowest BCUT2D eigenvalue weighted by molar-refractivity contribution is 0.107. The van der Waals surface area contributed by atoms with Crippen molar-refractivity contribution in [3.05, 3.63) is 31.2 Å². The average molecular weight is 333 g/mol. The van der Waals surface area contributed by atoms with E-state index in [1.807, 2.05) is 0 Å². The molecule has 0 bridgehead atoms. The molecule has 1 heterocycles. The highest BCUT2D eigenvalue weighted by Gasteiger charge is 2.16. The van der Waals surface area contributed by atoms with E-state index in [2.05, 4.69) is 4.98 Å². The van der Waals surface area contributed by atoms with E-state index in [4.69, 9.17) is 11.6 Å². The minimum atomic E-state index is -2.84. The zero-order chi connectivity index (χ0) is 10.9. The summed E-state index contributed by atoms with van der Waals surface area (Å²) in [7, 11) is 0. The van der Waals surface area contributed by atoms with E-state index in [1.54, 1.807) is 22.6 Å². The van der Waals surface area contributed by atoms with E-state index in [0.29, 0.717) is 0 Å². The number of carbonyl (C=O) groups is 1. The molecule has 0 spiro atoms. The molecule has 1 N–H and O–H groups in total. The Hall–Kier alpha value is -0.500. The highest BCUT2D eigenvalue weighted by molar-refractivity contribution is 14.1. The van der Waals surface area contributed by atoms with E-state index in [0.717, 1.165) is 6.07 Å². The van der Waals surface area contributed by atoms with Gasteiger partial charge in [0.15, 0.2) is 5.43 Å². The van der Waals surface area contributed by atoms with Crippen LogP contribution in [0.25, 0.3) is 0 Å². The molecule has 0 saturated carbocycles. The number of hydrogen-bond donors (Lipinski definition) is 1. The molecule has 0 atom stereocenters. The van der Waals surface area contributed by atoms with Gasteiger partial charge in [-0.1, -0.05) is 0 Å². The van der Waals surface area contributed by atoms with Crippen molar-refractivity contribution >= 4 is 39.4 Å². The van der Waals surface area contributed by atoms with Gasteiger partial charge in [-0.25, -0.2) is 8.78 Å². The maximum absolute atomic E-state index is 12.2. The Morgan fingerprint density at radius 2 is 2.14 bits per heavy atom. The largest absolute Gasteiger partial charge is 0.349 e. The normalized spacial score (nSPS) is 10.6. The second-order valence-corrected chi connectivity index (χ2v) is 3.77. The maximum atomic E-state index is 12.2. The molecule has 1 aromatic rings. The Bertz CT molecular complexity index is 432. The van der Waals surface area contributed by atoms with E-state index >= 15 is 0 Å². The van der Waals surface area contributed by atoms with Gasteiger partial charge >= 0.3 is 0 Å². The molecule has 76 valence electrons. The predicted octanol–water partition coefficient (Wildman–Crippen LogP) is 2.30. The smallest absolute Gasteiger partial charge is 0.278 e. The van der Waals surface area contributed by atoms with Crippen LogP contribution >= 0.6 is 34.2 Å². The van der Waals surface area contributed by atoms with Gasteiger partial charge in [0.2, 0.25) is 0 Å². The second-order valence-electron chi connectivity index (χ2n) is 2.35. The third-order valence-corrected chi connectivity index (χ3v) is 2.68. The Morgan fingerprint density at radius 3 is 2.57 bits per heavy atom. The van der Waals surface area contributed by atoms with Crippen LogP contribution in [0.15, 0.2) is 10.9 Å². The minimum Gasteiger partial charge on any atom is -0.349 e. The summed E-state index contributed by atoms with van der Waals surface area (Å²) in [5.74, 6) is 0. The van der Waals surface area contributed by atoms with Crippen LogP contribution in [-0.4, -0.2) is 10.2 Å². The summed E-state index contributed by atoms with van der Waals surface area (Å²) >= 11 is 6.66. The average Bonchev–Trinajstić information content (AvgIpc) is 2.08. The molecule has 0 aliphatic carbocycles. The van der Waals surface area contributed by atoms with Crippen LogP contribution < -0.4 is 5.43 Å². The van der Waals surface area contributed by atoms with E-state index in [-0.39, 0.29) is 9.26 Å². The molecule has 0 fully saturated rings. The number of alkyl halides is 2. The highest BCUT2D eigenvalue weighted by Crippen LogP contribution is 2.17. The van der Waals surface area contributed by atoms with Crippen molar-refractivity contribution in [2.75, 3.05) is 0 Å². The standard InChI is InChI=1S/C7H3ClF2INO2/c8-6(14)5-4(11)3(13)1-2(12-5)7(9)10/h1,7H,(H,12,13). The first kappa shape index (κ1) is 11.6. The van der Waals surface area contributed by atoms with Gasteiger partial charge in [-0.05, 0) is 34.2 Å². The highest BCUT2D eigenvalue weighted by atomic mass is 127. The van der Waals surface area contributed by atoms with Gasteiger partial charge in [0.1, 0.15) is 5.69 Å². The molecular formula is C7H3ClF2INO2. The maximum Gasteiger partial charge on any atom is 0.278 e. The summed E-state index contributed by atoms with van der Waals surface area (Å²) in [5.41, 5.74) is -1.56. The van der Waals surface area contributed by atoms with E-state index in [1.165, 1.54) is 0 Å². The zero-order valence-electron chi connectivity index (χ0n) is 6.48. The molecule has 0 aliphatic heterocycles. The van der Waals surface area contributed by atoms with Crippen LogP contribution in [-0.2, 0) is 0 Å². The molecule has 0 aromatic carbocycles. The predicted molar refractivity (Wildman–Crippen MR) is 54.9 cm³/mol. The minimum absolute atomic E-state index is 0.00648. The molecule has 1 aromatic heterocycles. The number of H-pyrrole nitrogens is 1. The van der Waals surface area contributed by atoms with Crippen LogP contribution in [0.5, 0.6) is 0 Å². The molecule has 0 unspecified atom stereocenters. The van der Waals surface area contributed by atoms with Crippen LogP contribution in [0, 0.1) is 3.57 Å². The van der Waals surface area contributed by atoms with Crippen molar-refractivity contribution in [1.82, 2.24) is 4.98 Å². The molecule has 14 heavy (non-hydrogen) atoms. The van der Waals surface area contributed by atoms with Crippen molar-refractivity contribution < 1.29 is 13.6 Å². The number of pyridine rings is 1. The third kappa shape index (κ3) is 2.30. The molecule has 3 nitrogen and oxygen atoms in total. The molecular weight excluding hydrogens is 330 g/mol. The third-order valence-electron chi connectivity index (χ3n) is 1.42. The zero-order valence-corrected chi connectivity index (χ0v) is 9.40. The van der Waals surface area contributed by atoms with Gasteiger partial charge in [0.25, 0.3) is 11.7 Å². The van der Waals surface area contributed by atoms with Crippen molar-refractivity contribution in [3.8, 4) is 0 Å². The molecule has 1 rings (SSSR count). The number of aromatic nitrogens is 1. The Kier molecular flexibility index (Phi) is 3.59. The monoisotopic (exact) mass is 333 g/mol. The molecule has 0 amide bonds. The van der Waals surface area contributed by atoms with Crippen molar-refractivity contribution in [3.63, 3.8) is 0 Å². The number of aromatic amines is 1. The van der Waals surface area contributed by atoms with Crippen LogP contribution in [0.3, 0.4) is 0 Å². The summed E-state index contributed by atoms with van der Waals surface area (Å²) < 4.78 is 24.4. The fourth-order valence-corrected chi connectivity index (χ4v) is 1.65. The van der Waals surface area contributed by atoms with Gasteiger partial charge < -0.3 is 4.98 Å². The van der Waals surface area contributed by atoms with E-state index in [9.17, 15) is 18.4 Å². The summed E-state index contributed by atoms with van der Waals surface area (Å²) in [6.07, 6.45) is -2.84. The molecule has 7 heteroatoms. The van der Waals surface area contributed by atoms with Gasteiger partial charge in [0.05, 0.1) is 9.26 Å². The van der Waals surface area contributed by atoms with Crippen LogP contribution in [0.1, 0.15) is 22.6 Å². The summed E-state index contributed by atoms with van der Waals surface area (Å²) in [5, 5.41) is -0.964. The summed E-state index contributed by atoms with van der Waals surface area (Å²) in [4.78, 5) is 24.0. The van der Waals surface area contributed by atoms with Crippen LogP contribution in [0.2, 0.25) is 0 Å². The first-order valence-corrected chi connectivity index (χ1v) is 4.80. The van der Waals surface area contributed by atoms with Gasteiger partial charge in [0, 0.05) is 6.07 Å². The van der Waals surface area contributed by atoms with Gasteiger partial charge in [-0.3, -0.25) is 9.59 Å². The Labute approximate surface area is 95.6 Å². The van der Waals surface area contributed by atoms with Crippen LogP contribution in [0.4, 0.5) is 8.78 Å². The lowest BCUT2D eigenvalue weighted by Crippen LogP contribution is -2.14. The number of hydrogen-bond acceptors (Lipinski definition) is 2. The number of carbonyl (C=O) groups excluding carboxylic acids is 1. The van der Waals surface area contributed by atoms with Gasteiger partial charge in [-0.2, -0.15) is 0 Å². The second kappa shape index (κ2) is 4.35. The Morgan fingerprint density at radius 1 is 1.57 bits per heavy atom. The quantitative estimate of drug-likeness (QED) is 0.667. The molecule has 0 aliphatic rings. The topological polar surface area (TPSA) is 49.9 Å². The first-order chi connectivity index (χ1) is 6.43. The summed E-state index contributed by atoms with van der Waals surface area (Å²) in [6.45, 7) is 0. The first-order valence-electron chi connectivity index (χ1n) is 3.34. The van der Waals surface area contributed by atoms with E-state index < -0.39 is 22.8 Å². The van der Waals surface area contributed by atoms with Crippen molar-refractivity contribution in [1.29, 1.82) is 0 Å². The van der Waals surface area contributed by atoms with Crippen molar-refractivity contribution in [2.24, 2.45) is 0 Å². The number of nitrogens with one attached hydrogen (secondary N) is 1. The lowest BCUT2D eigenvalue weighted by Gasteiger charge is -2.03. The Balaban J connectivity index is 3.43. The SMILES string of the molecule is O=C(Cl)c1[nH]c(C(F)F)cc(=O)c1I. The molecule has 0 radical (unpaired) electrons. The summed E-state index contributed by atoms with van der Waals surface area (Å²) in [6, 6.07) is 0.746. The number of halogens is 4. The van der Waals surface area contributed by atoms with Crippen molar-refractivity contribution in [2.45, 2.75) is 6.43 Å². The lowest BCUT2D eigenvalue weighted by atomic mass is 10.3. The fourth-order valence-electron chi connectivity index (χ4n) is 0.816. The molecule has 0 saturated heterocycles.